The zero-order chi connectivity index (χ0) is 13.2. The zero-order valence-corrected chi connectivity index (χ0v) is 10.8. The van der Waals surface area contributed by atoms with Crippen molar-refractivity contribution in [2.75, 3.05) is 18.6 Å². The molecule has 0 amide bonds. The molecule has 1 aromatic rings. The lowest BCUT2D eigenvalue weighted by Crippen LogP contribution is -2.45. The number of carboxylic acids is 1. The van der Waals surface area contributed by atoms with E-state index in [1.807, 2.05) is 13.8 Å². The molecule has 0 unspecified atom stereocenters. The van der Waals surface area contributed by atoms with E-state index in [2.05, 4.69) is 0 Å². The molecule has 17 heavy (non-hydrogen) atoms. The number of hydrogen-bond acceptors (Lipinski definition) is 3. The van der Waals surface area contributed by atoms with Crippen LogP contribution in [0.3, 0.4) is 0 Å². The summed E-state index contributed by atoms with van der Waals surface area (Å²) in [4.78, 5) is 12.9. The molecule has 0 spiro atoms. The molecule has 0 saturated carbocycles. The lowest BCUT2D eigenvalue weighted by molar-refractivity contribution is 0.0697. The average molecular weight is 258 g/mol. The largest absolute Gasteiger partial charge is 0.478 e. The van der Waals surface area contributed by atoms with Gasteiger partial charge in [-0.2, -0.15) is 0 Å². The molecule has 0 fully saturated rings. The first-order chi connectivity index (χ1) is 7.79. The van der Waals surface area contributed by atoms with Crippen LogP contribution < -0.4 is 4.90 Å². The molecule has 4 nitrogen and oxygen atoms in total. The Hall–Kier alpha value is -1.26. The van der Waals surface area contributed by atoms with Crippen LogP contribution in [0.5, 0.6) is 0 Å². The van der Waals surface area contributed by atoms with E-state index in [0.717, 1.165) is 0 Å². The standard InChI is InChI=1S/C12H16ClNO3/c1-12(2,7-15)14(3)10-5-4-8(13)6-9(10)11(16)17/h4-6,15H,7H2,1-3H3,(H,16,17). The number of benzene rings is 1. The average Bonchev–Trinajstić information content (AvgIpc) is 2.28. The number of anilines is 1. The SMILES string of the molecule is CN(c1ccc(Cl)cc1C(=O)O)C(C)(C)CO. The number of hydrogen-bond donors (Lipinski definition) is 2. The molecule has 2 N–H and O–H groups in total. The second kappa shape index (κ2) is 4.94. The van der Waals surface area contributed by atoms with Gasteiger partial charge < -0.3 is 15.1 Å². The predicted octanol–water partition coefficient (Wildman–Crippen LogP) is 2.25. The van der Waals surface area contributed by atoms with Gasteiger partial charge in [-0.25, -0.2) is 4.79 Å². The van der Waals surface area contributed by atoms with E-state index in [9.17, 15) is 9.90 Å². The summed E-state index contributed by atoms with van der Waals surface area (Å²) in [5, 5.41) is 18.8. The number of halogens is 1. The fraction of sp³-hybridized carbons (Fsp3) is 0.417. The summed E-state index contributed by atoms with van der Waals surface area (Å²) in [5.74, 6) is -1.04. The molecule has 0 saturated heterocycles. The Morgan fingerprint density at radius 3 is 2.53 bits per heavy atom. The van der Waals surface area contributed by atoms with Crippen LogP contribution >= 0.6 is 11.6 Å². The molecule has 1 aromatic carbocycles. The first-order valence-electron chi connectivity index (χ1n) is 5.17. The van der Waals surface area contributed by atoms with Crippen LogP contribution in [0.25, 0.3) is 0 Å². The molecular formula is C12H16ClNO3. The molecule has 0 heterocycles. The fourth-order valence-corrected chi connectivity index (χ4v) is 1.58. The summed E-state index contributed by atoms with van der Waals surface area (Å²) in [7, 11) is 1.74. The Balaban J connectivity index is 3.26. The van der Waals surface area contributed by atoms with Gasteiger partial charge in [-0.3, -0.25) is 0 Å². The van der Waals surface area contributed by atoms with E-state index in [-0.39, 0.29) is 12.2 Å². The second-order valence-corrected chi connectivity index (χ2v) is 4.93. The van der Waals surface area contributed by atoms with Crippen LogP contribution in [0.4, 0.5) is 5.69 Å². The van der Waals surface area contributed by atoms with Crippen molar-refractivity contribution in [3.63, 3.8) is 0 Å². The van der Waals surface area contributed by atoms with Crippen LogP contribution in [0.15, 0.2) is 18.2 Å². The number of carboxylic acid groups (broad SMARTS) is 1. The van der Waals surface area contributed by atoms with Crippen LogP contribution in [0.1, 0.15) is 24.2 Å². The molecule has 0 bridgehead atoms. The minimum absolute atomic E-state index is 0.0782. The fourth-order valence-electron chi connectivity index (χ4n) is 1.40. The van der Waals surface area contributed by atoms with Gasteiger partial charge in [0.25, 0.3) is 0 Å². The molecule has 0 aliphatic rings. The van der Waals surface area contributed by atoms with Crippen molar-refractivity contribution in [2.45, 2.75) is 19.4 Å². The number of aromatic carboxylic acids is 1. The molecule has 0 atom stereocenters. The van der Waals surface area contributed by atoms with Gasteiger partial charge in [-0.15, -0.1) is 0 Å². The van der Waals surface area contributed by atoms with Crippen molar-refractivity contribution < 1.29 is 15.0 Å². The van der Waals surface area contributed by atoms with E-state index < -0.39 is 11.5 Å². The Kier molecular flexibility index (Phi) is 4.01. The maximum absolute atomic E-state index is 11.1. The van der Waals surface area contributed by atoms with Gasteiger partial charge in [0.1, 0.15) is 0 Å². The van der Waals surface area contributed by atoms with E-state index in [1.165, 1.54) is 6.07 Å². The van der Waals surface area contributed by atoms with Crippen LogP contribution in [-0.2, 0) is 0 Å². The lowest BCUT2D eigenvalue weighted by atomic mass is 10.0. The molecular weight excluding hydrogens is 242 g/mol. The van der Waals surface area contributed by atoms with Gasteiger partial charge in [0.15, 0.2) is 0 Å². The van der Waals surface area contributed by atoms with E-state index in [1.54, 1.807) is 24.1 Å². The first-order valence-corrected chi connectivity index (χ1v) is 5.55. The Labute approximate surface area is 105 Å². The van der Waals surface area contributed by atoms with Crippen molar-refractivity contribution in [3.05, 3.63) is 28.8 Å². The minimum Gasteiger partial charge on any atom is -0.478 e. The highest BCUT2D eigenvalue weighted by atomic mass is 35.5. The van der Waals surface area contributed by atoms with Crippen molar-refractivity contribution >= 4 is 23.3 Å². The maximum Gasteiger partial charge on any atom is 0.337 e. The summed E-state index contributed by atoms with van der Waals surface area (Å²) in [6, 6.07) is 4.68. The van der Waals surface area contributed by atoms with Gasteiger partial charge in [-0.1, -0.05) is 11.6 Å². The van der Waals surface area contributed by atoms with Gasteiger partial charge in [-0.05, 0) is 32.0 Å². The Bertz CT molecular complexity index is 432. The van der Waals surface area contributed by atoms with Crippen molar-refractivity contribution in [3.8, 4) is 0 Å². The first kappa shape index (κ1) is 13.8. The smallest absolute Gasteiger partial charge is 0.337 e. The summed E-state index contributed by atoms with van der Waals surface area (Å²) in [6.45, 7) is 3.58. The molecule has 5 heteroatoms. The number of nitrogens with zero attached hydrogens (tertiary/aromatic N) is 1. The summed E-state index contributed by atoms with van der Waals surface area (Å²) in [6.07, 6.45) is 0. The third-order valence-electron chi connectivity index (χ3n) is 2.85. The highest BCUT2D eigenvalue weighted by Gasteiger charge is 2.26. The number of likely N-dealkylation sites (N-methyl/N-ethyl adjacent to an activating group) is 1. The monoisotopic (exact) mass is 257 g/mol. The molecule has 0 aliphatic carbocycles. The molecule has 0 aromatic heterocycles. The van der Waals surface area contributed by atoms with Crippen LogP contribution in [-0.4, -0.2) is 35.4 Å². The molecule has 94 valence electrons. The van der Waals surface area contributed by atoms with Crippen molar-refractivity contribution in [1.82, 2.24) is 0 Å². The van der Waals surface area contributed by atoms with Crippen molar-refractivity contribution in [2.24, 2.45) is 0 Å². The normalized spacial score (nSPS) is 11.4. The van der Waals surface area contributed by atoms with Gasteiger partial charge in [0.05, 0.1) is 23.4 Å². The third kappa shape index (κ3) is 2.90. The summed E-state index contributed by atoms with van der Waals surface area (Å²) in [5.41, 5.74) is 0.111. The second-order valence-electron chi connectivity index (χ2n) is 4.50. The predicted molar refractivity (Wildman–Crippen MR) is 68.0 cm³/mol. The topological polar surface area (TPSA) is 60.8 Å². The number of carbonyl (C=O) groups is 1. The van der Waals surface area contributed by atoms with Crippen molar-refractivity contribution in [1.29, 1.82) is 0 Å². The minimum atomic E-state index is -1.04. The maximum atomic E-state index is 11.1. The third-order valence-corrected chi connectivity index (χ3v) is 3.08. The van der Waals surface area contributed by atoms with E-state index in [0.29, 0.717) is 10.7 Å². The van der Waals surface area contributed by atoms with Gasteiger partial charge in [0, 0.05) is 12.1 Å². The highest BCUT2D eigenvalue weighted by molar-refractivity contribution is 6.31. The Morgan fingerprint density at radius 2 is 2.06 bits per heavy atom. The van der Waals surface area contributed by atoms with Gasteiger partial charge >= 0.3 is 5.97 Å². The van der Waals surface area contributed by atoms with Crippen LogP contribution in [0.2, 0.25) is 5.02 Å². The highest BCUT2D eigenvalue weighted by Crippen LogP contribution is 2.28. The molecule has 0 aliphatic heterocycles. The quantitative estimate of drug-likeness (QED) is 0.869. The van der Waals surface area contributed by atoms with E-state index in [4.69, 9.17) is 16.7 Å². The molecule has 1 rings (SSSR count). The molecule has 0 radical (unpaired) electrons. The number of aliphatic hydroxyl groups excluding tert-OH is 1. The van der Waals surface area contributed by atoms with Crippen LogP contribution in [0, 0.1) is 0 Å². The zero-order valence-electron chi connectivity index (χ0n) is 10.1. The Morgan fingerprint density at radius 1 is 1.47 bits per heavy atom. The lowest BCUT2D eigenvalue weighted by Gasteiger charge is -2.36. The number of aliphatic hydroxyl groups is 1. The number of rotatable bonds is 4. The van der Waals surface area contributed by atoms with E-state index >= 15 is 0 Å². The summed E-state index contributed by atoms with van der Waals surface area (Å²) < 4.78 is 0. The summed E-state index contributed by atoms with van der Waals surface area (Å²) >= 11 is 5.78. The van der Waals surface area contributed by atoms with Gasteiger partial charge in [0.2, 0.25) is 0 Å².